The SMILES string of the molecule is Cc1ccc(C(O)(C(=O)NNC(=O)C[NH+]2CC[NH+](C)CC2)c2ccc(C)cc2)cc1. The standard InChI is InChI=1S/C23H30N4O3/c1-17-4-8-19(9-5-17)23(30,20-10-6-18(2)7-11-20)22(29)25-24-21(28)16-27-14-12-26(3)13-15-27/h4-11,30H,12-16H2,1-3H3,(H,24,28)(H,25,29)/p+2. The Balaban J connectivity index is 1.73. The Morgan fingerprint density at radius 2 is 1.33 bits per heavy atom. The van der Waals surface area contributed by atoms with Crippen LogP contribution < -0.4 is 20.7 Å². The minimum absolute atomic E-state index is 0.270. The molecule has 7 nitrogen and oxygen atoms in total. The number of rotatable bonds is 5. The topological polar surface area (TPSA) is 87.3 Å². The number of aryl methyl sites for hydroxylation is 2. The molecular formula is C23H32N4O3+2. The molecule has 30 heavy (non-hydrogen) atoms. The highest BCUT2D eigenvalue weighted by Crippen LogP contribution is 2.30. The molecule has 0 bridgehead atoms. The number of nitrogens with one attached hydrogen (secondary N) is 4. The van der Waals surface area contributed by atoms with Crippen molar-refractivity contribution >= 4 is 11.8 Å². The monoisotopic (exact) mass is 412 g/mol. The van der Waals surface area contributed by atoms with Crippen molar-refractivity contribution in [3.05, 3.63) is 70.8 Å². The number of piperazine rings is 1. The second-order valence-corrected chi connectivity index (χ2v) is 8.33. The molecular weight excluding hydrogens is 380 g/mol. The van der Waals surface area contributed by atoms with Crippen molar-refractivity contribution < 1.29 is 24.5 Å². The van der Waals surface area contributed by atoms with Gasteiger partial charge in [-0.25, -0.2) is 0 Å². The van der Waals surface area contributed by atoms with Gasteiger partial charge in [0.25, 0.3) is 11.8 Å². The van der Waals surface area contributed by atoms with Crippen molar-refractivity contribution in [2.24, 2.45) is 0 Å². The van der Waals surface area contributed by atoms with Gasteiger partial charge in [-0.3, -0.25) is 20.4 Å². The molecule has 0 radical (unpaired) electrons. The molecule has 160 valence electrons. The van der Waals surface area contributed by atoms with Crippen LogP contribution in [0.15, 0.2) is 48.5 Å². The van der Waals surface area contributed by atoms with E-state index < -0.39 is 11.5 Å². The van der Waals surface area contributed by atoms with Gasteiger partial charge in [0, 0.05) is 0 Å². The van der Waals surface area contributed by atoms with E-state index in [0.717, 1.165) is 37.3 Å². The number of benzene rings is 2. The Hall–Kier alpha value is -2.74. The van der Waals surface area contributed by atoms with E-state index in [1.165, 1.54) is 9.80 Å². The van der Waals surface area contributed by atoms with Crippen LogP contribution in [0.4, 0.5) is 0 Å². The van der Waals surface area contributed by atoms with Crippen LogP contribution in [0.2, 0.25) is 0 Å². The fourth-order valence-corrected chi connectivity index (χ4v) is 3.71. The zero-order valence-corrected chi connectivity index (χ0v) is 17.9. The number of carbonyl (C=O) groups is 2. The maximum Gasteiger partial charge on any atom is 0.293 e. The third-order valence-corrected chi connectivity index (χ3v) is 5.80. The quantitative estimate of drug-likeness (QED) is 0.372. The minimum Gasteiger partial charge on any atom is -0.372 e. The molecule has 0 aliphatic carbocycles. The van der Waals surface area contributed by atoms with E-state index in [1.54, 1.807) is 24.3 Å². The van der Waals surface area contributed by atoms with Crippen molar-refractivity contribution in [2.75, 3.05) is 39.8 Å². The first-order valence-electron chi connectivity index (χ1n) is 10.4. The molecule has 1 aliphatic rings. The summed E-state index contributed by atoms with van der Waals surface area (Å²) in [6.07, 6.45) is 0. The molecule has 0 saturated carbocycles. The lowest BCUT2D eigenvalue weighted by Crippen LogP contribution is -3.27. The highest BCUT2D eigenvalue weighted by Gasteiger charge is 2.40. The molecule has 0 unspecified atom stereocenters. The van der Waals surface area contributed by atoms with Gasteiger partial charge < -0.3 is 14.9 Å². The van der Waals surface area contributed by atoms with Crippen molar-refractivity contribution in [3.8, 4) is 0 Å². The van der Waals surface area contributed by atoms with Crippen LogP contribution in [-0.2, 0) is 15.2 Å². The maximum absolute atomic E-state index is 13.1. The number of likely N-dealkylation sites (N-methyl/N-ethyl adjacent to an activating group) is 1. The Kier molecular flexibility index (Phi) is 6.87. The van der Waals surface area contributed by atoms with Gasteiger partial charge in [0.1, 0.15) is 26.2 Å². The van der Waals surface area contributed by atoms with Gasteiger partial charge in [-0.05, 0) is 25.0 Å². The Bertz CT molecular complexity index is 827. The van der Waals surface area contributed by atoms with Gasteiger partial charge in [-0.1, -0.05) is 59.7 Å². The number of aliphatic hydroxyl groups is 1. The van der Waals surface area contributed by atoms with E-state index >= 15 is 0 Å². The number of amides is 2. The van der Waals surface area contributed by atoms with Gasteiger partial charge >= 0.3 is 0 Å². The summed E-state index contributed by atoms with van der Waals surface area (Å²) < 4.78 is 0. The molecule has 1 saturated heterocycles. The lowest BCUT2D eigenvalue weighted by Gasteiger charge is -2.29. The first-order valence-corrected chi connectivity index (χ1v) is 10.4. The summed E-state index contributed by atoms with van der Waals surface area (Å²) in [5.74, 6) is -0.963. The van der Waals surface area contributed by atoms with Crippen molar-refractivity contribution in [1.82, 2.24) is 10.9 Å². The molecule has 2 amide bonds. The smallest absolute Gasteiger partial charge is 0.293 e. The second-order valence-electron chi connectivity index (χ2n) is 8.33. The van der Waals surface area contributed by atoms with Crippen LogP contribution in [0.25, 0.3) is 0 Å². The number of hydrogen-bond acceptors (Lipinski definition) is 3. The molecule has 2 aromatic carbocycles. The number of hydrazine groups is 1. The van der Waals surface area contributed by atoms with E-state index in [4.69, 9.17) is 0 Å². The molecule has 1 heterocycles. The van der Waals surface area contributed by atoms with Crippen LogP contribution in [0.5, 0.6) is 0 Å². The summed E-state index contributed by atoms with van der Waals surface area (Å²) in [6.45, 7) is 8.06. The summed E-state index contributed by atoms with van der Waals surface area (Å²) in [5.41, 5.74) is 5.94. The van der Waals surface area contributed by atoms with Gasteiger partial charge in [-0.15, -0.1) is 0 Å². The molecule has 2 aromatic rings. The Morgan fingerprint density at radius 1 is 0.867 bits per heavy atom. The average molecular weight is 413 g/mol. The summed E-state index contributed by atoms with van der Waals surface area (Å²) >= 11 is 0. The maximum atomic E-state index is 13.1. The van der Waals surface area contributed by atoms with E-state index in [2.05, 4.69) is 17.9 Å². The van der Waals surface area contributed by atoms with Crippen LogP contribution >= 0.6 is 0 Å². The van der Waals surface area contributed by atoms with Gasteiger partial charge in [0.2, 0.25) is 0 Å². The first kappa shape index (κ1) is 22.0. The fraction of sp³-hybridized carbons (Fsp3) is 0.391. The number of hydrogen-bond donors (Lipinski definition) is 5. The molecule has 3 rings (SSSR count). The first-order chi connectivity index (χ1) is 14.3. The van der Waals surface area contributed by atoms with Crippen molar-refractivity contribution in [3.63, 3.8) is 0 Å². The van der Waals surface area contributed by atoms with Gasteiger partial charge in [0.15, 0.2) is 12.1 Å². The van der Waals surface area contributed by atoms with Gasteiger partial charge in [0.05, 0.1) is 7.05 Å². The third-order valence-electron chi connectivity index (χ3n) is 5.80. The molecule has 0 spiro atoms. The normalized spacial score (nSPS) is 19.2. The summed E-state index contributed by atoms with van der Waals surface area (Å²) in [5, 5.41) is 11.5. The fourth-order valence-electron chi connectivity index (χ4n) is 3.71. The Labute approximate surface area is 177 Å². The molecule has 0 aromatic heterocycles. The zero-order chi connectivity index (χ0) is 21.7. The predicted molar refractivity (Wildman–Crippen MR) is 114 cm³/mol. The molecule has 7 heteroatoms. The minimum atomic E-state index is -1.92. The summed E-state index contributed by atoms with van der Waals surface area (Å²) in [6, 6.07) is 14.3. The third kappa shape index (κ3) is 5.05. The van der Waals surface area contributed by atoms with E-state index in [9.17, 15) is 14.7 Å². The lowest BCUT2D eigenvalue weighted by atomic mass is 9.85. The highest BCUT2D eigenvalue weighted by molar-refractivity contribution is 5.91. The van der Waals surface area contributed by atoms with Gasteiger partial charge in [-0.2, -0.15) is 0 Å². The van der Waals surface area contributed by atoms with E-state index in [0.29, 0.717) is 17.7 Å². The van der Waals surface area contributed by atoms with Crippen molar-refractivity contribution in [2.45, 2.75) is 19.4 Å². The largest absolute Gasteiger partial charge is 0.372 e. The predicted octanol–water partition coefficient (Wildman–Crippen LogP) is -1.90. The summed E-state index contributed by atoms with van der Waals surface area (Å²) in [7, 11) is 2.15. The summed E-state index contributed by atoms with van der Waals surface area (Å²) in [4.78, 5) is 28.1. The zero-order valence-electron chi connectivity index (χ0n) is 17.9. The molecule has 0 atom stereocenters. The van der Waals surface area contributed by atoms with E-state index in [1.807, 2.05) is 38.1 Å². The molecule has 5 N–H and O–H groups in total. The molecule has 1 aliphatic heterocycles. The van der Waals surface area contributed by atoms with Crippen LogP contribution in [-0.4, -0.2) is 56.7 Å². The number of carbonyl (C=O) groups excluding carboxylic acids is 2. The number of quaternary nitrogens is 2. The second kappa shape index (κ2) is 9.38. The van der Waals surface area contributed by atoms with Crippen LogP contribution in [0, 0.1) is 13.8 Å². The average Bonchev–Trinajstić information content (AvgIpc) is 2.74. The van der Waals surface area contributed by atoms with Crippen molar-refractivity contribution in [1.29, 1.82) is 0 Å². The molecule has 1 fully saturated rings. The lowest BCUT2D eigenvalue weighted by molar-refractivity contribution is -1.000. The van der Waals surface area contributed by atoms with E-state index in [-0.39, 0.29) is 5.91 Å². The highest BCUT2D eigenvalue weighted by atomic mass is 16.3. The van der Waals surface area contributed by atoms with Crippen LogP contribution in [0.3, 0.4) is 0 Å². The van der Waals surface area contributed by atoms with Crippen LogP contribution in [0.1, 0.15) is 22.3 Å². The Morgan fingerprint density at radius 3 is 1.80 bits per heavy atom.